The Labute approximate surface area is 181 Å². The lowest BCUT2D eigenvalue weighted by Gasteiger charge is -2.24. The van der Waals surface area contributed by atoms with Crippen molar-refractivity contribution in [1.82, 2.24) is 15.5 Å². The fourth-order valence-corrected chi connectivity index (χ4v) is 3.32. The molecular formula is C20H35IN4O2. The molecule has 1 aliphatic heterocycles. The van der Waals surface area contributed by atoms with Gasteiger partial charge in [-0.05, 0) is 50.0 Å². The number of guanidine groups is 1. The maximum atomic E-state index is 5.71. The van der Waals surface area contributed by atoms with Gasteiger partial charge in [0.05, 0.1) is 13.7 Å². The number of nitrogens with one attached hydrogen (secondary N) is 2. The summed E-state index contributed by atoms with van der Waals surface area (Å²) in [4.78, 5) is 6.86. The lowest BCUT2D eigenvalue weighted by Crippen LogP contribution is -2.44. The van der Waals surface area contributed by atoms with E-state index in [0.717, 1.165) is 42.5 Å². The van der Waals surface area contributed by atoms with Crippen molar-refractivity contribution < 1.29 is 9.47 Å². The van der Waals surface area contributed by atoms with Gasteiger partial charge in [0, 0.05) is 26.2 Å². The van der Waals surface area contributed by atoms with E-state index in [-0.39, 0.29) is 24.0 Å². The summed E-state index contributed by atoms with van der Waals surface area (Å²) in [5.74, 6) is 2.39. The lowest BCUT2D eigenvalue weighted by atomic mass is 10.2. The second kappa shape index (κ2) is 13.0. The SMILES string of the molecule is CCCOc1ccc(CNC(=NC)NCC2CCCN2CC)cc1OC.I. The van der Waals surface area contributed by atoms with E-state index in [4.69, 9.17) is 9.47 Å². The zero-order valence-electron chi connectivity index (χ0n) is 17.1. The molecule has 1 aliphatic rings. The van der Waals surface area contributed by atoms with Gasteiger partial charge in [0.15, 0.2) is 17.5 Å². The minimum Gasteiger partial charge on any atom is -0.493 e. The molecule has 2 rings (SSSR count). The molecule has 27 heavy (non-hydrogen) atoms. The predicted molar refractivity (Wildman–Crippen MR) is 123 cm³/mol. The summed E-state index contributed by atoms with van der Waals surface area (Å²) in [5.41, 5.74) is 1.13. The Kier molecular flexibility index (Phi) is 11.5. The fraction of sp³-hybridized carbons (Fsp3) is 0.650. The zero-order valence-corrected chi connectivity index (χ0v) is 19.4. The molecule has 0 saturated carbocycles. The van der Waals surface area contributed by atoms with E-state index in [1.807, 2.05) is 19.2 Å². The van der Waals surface area contributed by atoms with Gasteiger partial charge in [0.25, 0.3) is 0 Å². The normalized spacial score (nSPS) is 17.3. The molecule has 154 valence electrons. The van der Waals surface area contributed by atoms with Crippen molar-refractivity contribution in [2.75, 3.05) is 40.4 Å². The Bertz CT molecular complexity index is 583. The number of hydrogen-bond acceptors (Lipinski definition) is 4. The van der Waals surface area contributed by atoms with Gasteiger partial charge >= 0.3 is 0 Å². The third kappa shape index (κ3) is 7.37. The van der Waals surface area contributed by atoms with Gasteiger partial charge in [-0.1, -0.05) is 19.9 Å². The molecule has 1 atom stereocenters. The molecule has 0 spiro atoms. The summed E-state index contributed by atoms with van der Waals surface area (Å²) in [6.45, 7) is 8.96. The van der Waals surface area contributed by atoms with Crippen LogP contribution >= 0.6 is 24.0 Å². The second-order valence-electron chi connectivity index (χ2n) is 6.56. The van der Waals surface area contributed by atoms with Gasteiger partial charge in [-0.15, -0.1) is 24.0 Å². The molecule has 1 aromatic carbocycles. The Morgan fingerprint density at radius 1 is 1.26 bits per heavy atom. The van der Waals surface area contributed by atoms with E-state index >= 15 is 0 Å². The number of likely N-dealkylation sites (tertiary alicyclic amines) is 1. The number of ether oxygens (including phenoxy) is 2. The van der Waals surface area contributed by atoms with Crippen LogP contribution in [-0.2, 0) is 6.54 Å². The second-order valence-corrected chi connectivity index (χ2v) is 6.56. The van der Waals surface area contributed by atoms with Crippen molar-refractivity contribution >= 4 is 29.9 Å². The number of hydrogen-bond donors (Lipinski definition) is 2. The van der Waals surface area contributed by atoms with Gasteiger partial charge in [0.1, 0.15) is 0 Å². The summed E-state index contributed by atoms with van der Waals surface area (Å²) >= 11 is 0. The Hall–Kier alpha value is -1.22. The molecule has 1 aromatic rings. The van der Waals surface area contributed by atoms with Crippen LogP contribution in [0.25, 0.3) is 0 Å². The van der Waals surface area contributed by atoms with E-state index in [1.165, 1.54) is 19.4 Å². The molecule has 0 aromatic heterocycles. The average Bonchev–Trinajstić information content (AvgIpc) is 3.14. The van der Waals surface area contributed by atoms with Crippen molar-refractivity contribution in [1.29, 1.82) is 0 Å². The molecule has 7 heteroatoms. The average molecular weight is 490 g/mol. The van der Waals surface area contributed by atoms with Crippen LogP contribution in [0.2, 0.25) is 0 Å². The van der Waals surface area contributed by atoms with E-state index < -0.39 is 0 Å². The first-order chi connectivity index (χ1) is 12.7. The molecule has 0 amide bonds. The third-order valence-electron chi connectivity index (χ3n) is 4.78. The van der Waals surface area contributed by atoms with Crippen LogP contribution in [0.1, 0.15) is 38.7 Å². The van der Waals surface area contributed by atoms with Gasteiger partial charge in [-0.3, -0.25) is 9.89 Å². The highest BCUT2D eigenvalue weighted by Gasteiger charge is 2.22. The largest absolute Gasteiger partial charge is 0.493 e. The molecule has 6 nitrogen and oxygen atoms in total. The molecule has 1 fully saturated rings. The fourth-order valence-electron chi connectivity index (χ4n) is 3.32. The first-order valence-corrected chi connectivity index (χ1v) is 9.70. The van der Waals surface area contributed by atoms with Crippen molar-refractivity contribution in [2.45, 2.75) is 45.7 Å². The van der Waals surface area contributed by atoms with E-state index in [0.29, 0.717) is 19.2 Å². The number of halogens is 1. The van der Waals surface area contributed by atoms with Gasteiger partial charge in [-0.2, -0.15) is 0 Å². The van der Waals surface area contributed by atoms with Crippen molar-refractivity contribution in [3.8, 4) is 11.5 Å². The number of likely N-dealkylation sites (N-methyl/N-ethyl adjacent to an activating group) is 1. The van der Waals surface area contributed by atoms with Crippen LogP contribution < -0.4 is 20.1 Å². The van der Waals surface area contributed by atoms with Crippen LogP contribution in [0.4, 0.5) is 0 Å². The lowest BCUT2D eigenvalue weighted by molar-refractivity contribution is 0.267. The highest BCUT2D eigenvalue weighted by Crippen LogP contribution is 2.28. The Morgan fingerprint density at radius 2 is 2.07 bits per heavy atom. The Balaban J connectivity index is 0.00000364. The van der Waals surface area contributed by atoms with Crippen molar-refractivity contribution in [3.63, 3.8) is 0 Å². The molecule has 0 radical (unpaired) electrons. The van der Waals surface area contributed by atoms with Crippen molar-refractivity contribution in [3.05, 3.63) is 23.8 Å². The molecule has 1 heterocycles. The molecular weight excluding hydrogens is 455 g/mol. The van der Waals surface area contributed by atoms with Crippen LogP contribution in [0, 0.1) is 0 Å². The van der Waals surface area contributed by atoms with Gasteiger partial charge in [-0.25, -0.2) is 0 Å². The molecule has 0 aliphatic carbocycles. The number of aliphatic imine (C=N–C) groups is 1. The topological polar surface area (TPSA) is 58.1 Å². The molecule has 1 saturated heterocycles. The predicted octanol–water partition coefficient (Wildman–Crippen LogP) is 3.25. The number of methoxy groups -OCH3 is 1. The van der Waals surface area contributed by atoms with Crippen LogP contribution in [-0.4, -0.2) is 57.3 Å². The monoisotopic (exact) mass is 490 g/mol. The maximum absolute atomic E-state index is 5.71. The van der Waals surface area contributed by atoms with Crippen LogP contribution in [0.15, 0.2) is 23.2 Å². The van der Waals surface area contributed by atoms with Crippen LogP contribution in [0.5, 0.6) is 11.5 Å². The molecule has 2 N–H and O–H groups in total. The maximum Gasteiger partial charge on any atom is 0.191 e. The van der Waals surface area contributed by atoms with E-state index in [2.05, 4.69) is 40.4 Å². The van der Waals surface area contributed by atoms with Gasteiger partial charge in [0.2, 0.25) is 0 Å². The zero-order chi connectivity index (χ0) is 18.8. The minimum atomic E-state index is 0. The third-order valence-corrected chi connectivity index (χ3v) is 4.78. The standard InChI is InChI=1S/C20H34N4O2.HI/c1-5-12-26-18-10-9-16(13-19(18)25-4)14-22-20(21-3)23-15-17-8-7-11-24(17)6-2;/h9-10,13,17H,5-8,11-12,14-15H2,1-4H3,(H2,21,22,23);1H. The number of nitrogens with zero attached hydrogens (tertiary/aromatic N) is 2. The van der Waals surface area contributed by atoms with Gasteiger partial charge < -0.3 is 20.1 Å². The number of benzene rings is 1. The smallest absolute Gasteiger partial charge is 0.191 e. The van der Waals surface area contributed by atoms with Crippen molar-refractivity contribution in [2.24, 2.45) is 4.99 Å². The first kappa shape index (κ1) is 23.8. The van der Waals surface area contributed by atoms with Crippen LogP contribution in [0.3, 0.4) is 0 Å². The summed E-state index contributed by atoms with van der Waals surface area (Å²) in [7, 11) is 3.48. The number of rotatable bonds is 9. The Morgan fingerprint density at radius 3 is 2.74 bits per heavy atom. The summed E-state index contributed by atoms with van der Waals surface area (Å²) in [6.07, 6.45) is 3.53. The highest BCUT2D eigenvalue weighted by molar-refractivity contribution is 14.0. The molecule has 0 bridgehead atoms. The quantitative estimate of drug-likeness (QED) is 0.316. The minimum absolute atomic E-state index is 0. The highest BCUT2D eigenvalue weighted by atomic mass is 127. The summed E-state index contributed by atoms with van der Waals surface area (Å²) in [5, 5.41) is 6.84. The summed E-state index contributed by atoms with van der Waals surface area (Å²) in [6, 6.07) is 6.65. The first-order valence-electron chi connectivity index (χ1n) is 9.70. The summed E-state index contributed by atoms with van der Waals surface area (Å²) < 4.78 is 11.2. The van der Waals surface area contributed by atoms with E-state index in [1.54, 1.807) is 7.11 Å². The van der Waals surface area contributed by atoms with E-state index in [9.17, 15) is 0 Å². The molecule has 1 unspecified atom stereocenters.